The molecule has 1 heterocycles. The van der Waals surface area contributed by atoms with Gasteiger partial charge in [-0.05, 0) is 50.4 Å². The minimum Gasteiger partial charge on any atom is -0.356 e. The summed E-state index contributed by atoms with van der Waals surface area (Å²) in [6.07, 6.45) is 4.75. The van der Waals surface area contributed by atoms with E-state index >= 15 is 0 Å². The topological polar surface area (TPSA) is 39.7 Å². The third kappa shape index (κ3) is 7.34. The van der Waals surface area contributed by atoms with Gasteiger partial charge in [-0.3, -0.25) is 9.89 Å². The summed E-state index contributed by atoms with van der Waals surface area (Å²) in [5, 5.41) is 6.64. The van der Waals surface area contributed by atoms with Crippen LogP contribution in [-0.2, 0) is 6.42 Å². The predicted octanol–water partition coefficient (Wildman–Crippen LogP) is 3.03. The zero-order valence-electron chi connectivity index (χ0n) is 14.7. The molecule has 0 amide bonds. The van der Waals surface area contributed by atoms with Crippen LogP contribution in [-0.4, -0.2) is 50.1 Å². The number of nitrogens with zero attached hydrogens (tertiary/aromatic N) is 2. The van der Waals surface area contributed by atoms with Crippen molar-refractivity contribution in [3.8, 4) is 0 Å². The zero-order valence-corrected chi connectivity index (χ0v) is 17.1. The third-order valence-corrected chi connectivity index (χ3v) is 4.45. The van der Waals surface area contributed by atoms with E-state index in [-0.39, 0.29) is 29.8 Å². The van der Waals surface area contributed by atoms with Gasteiger partial charge in [-0.15, -0.1) is 24.0 Å². The van der Waals surface area contributed by atoms with E-state index < -0.39 is 0 Å². The average molecular weight is 448 g/mol. The Morgan fingerprint density at radius 1 is 1.29 bits per heavy atom. The largest absolute Gasteiger partial charge is 0.356 e. The normalized spacial score (nSPS) is 18.8. The molecule has 0 saturated carbocycles. The molecule has 1 fully saturated rings. The summed E-state index contributed by atoms with van der Waals surface area (Å²) in [4.78, 5) is 6.78. The molecule has 1 atom stereocenters. The Morgan fingerprint density at radius 3 is 2.79 bits per heavy atom. The fourth-order valence-corrected chi connectivity index (χ4v) is 3.05. The fourth-order valence-electron chi connectivity index (χ4n) is 3.05. The number of hydrogen-bond donors (Lipinski definition) is 2. The van der Waals surface area contributed by atoms with Crippen LogP contribution in [0.4, 0.5) is 4.39 Å². The molecule has 1 unspecified atom stereocenters. The SMILES string of the molecule is CN=C(NCCc1cccc(F)c1)NCCN1CCCCC1C.I. The summed E-state index contributed by atoms with van der Waals surface area (Å²) in [6.45, 7) is 6.19. The van der Waals surface area contributed by atoms with Crippen molar-refractivity contribution in [3.05, 3.63) is 35.6 Å². The van der Waals surface area contributed by atoms with E-state index in [1.54, 1.807) is 19.2 Å². The van der Waals surface area contributed by atoms with E-state index in [0.29, 0.717) is 6.04 Å². The Morgan fingerprint density at radius 2 is 2.08 bits per heavy atom. The minimum absolute atomic E-state index is 0. The zero-order chi connectivity index (χ0) is 16.5. The predicted molar refractivity (Wildman–Crippen MR) is 110 cm³/mol. The Balaban J connectivity index is 0.00000288. The van der Waals surface area contributed by atoms with E-state index in [4.69, 9.17) is 0 Å². The molecule has 136 valence electrons. The Kier molecular flexibility index (Phi) is 10.2. The molecular weight excluding hydrogens is 418 g/mol. The van der Waals surface area contributed by atoms with Crippen LogP contribution in [0.2, 0.25) is 0 Å². The number of halogens is 2. The minimum atomic E-state index is -0.180. The molecule has 1 aliphatic rings. The quantitative estimate of drug-likeness (QED) is 0.400. The van der Waals surface area contributed by atoms with Gasteiger partial charge in [0.05, 0.1) is 0 Å². The summed E-state index contributed by atoms with van der Waals surface area (Å²) in [5.41, 5.74) is 0.995. The second-order valence-electron chi connectivity index (χ2n) is 6.19. The highest BCUT2D eigenvalue weighted by molar-refractivity contribution is 14.0. The molecule has 24 heavy (non-hydrogen) atoms. The summed E-state index contributed by atoms with van der Waals surface area (Å²) in [6, 6.07) is 7.43. The van der Waals surface area contributed by atoms with Crippen LogP contribution in [0, 0.1) is 5.82 Å². The van der Waals surface area contributed by atoms with Crippen LogP contribution in [0.25, 0.3) is 0 Å². The van der Waals surface area contributed by atoms with Gasteiger partial charge >= 0.3 is 0 Å². The molecule has 4 nitrogen and oxygen atoms in total. The highest BCUT2D eigenvalue weighted by atomic mass is 127. The number of hydrogen-bond acceptors (Lipinski definition) is 2. The number of guanidine groups is 1. The van der Waals surface area contributed by atoms with Crippen LogP contribution < -0.4 is 10.6 Å². The molecule has 0 bridgehead atoms. The van der Waals surface area contributed by atoms with Gasteiger partial charge in [-0.2, -0.15) is 0 Å². The molecule has 6 heteroatoms. The second kappa shape index (κ2) is 11.6. The van der Waals surface area contributed by atoms with Crippen LogP contribution in [0.3, 0.4) is 0 Å². The number of rotatable bonds is 6. The second-order valence-corrected chi connectivity index (χ2v) is 6.19. The maximum atomic E-state index is 13.1. The van der Waals surface area contributed by atoms with E-state index in [0.717, 1.165) is 37.6 Å². The highest BCUT2D eigenvalue weighted by Gasteiger charge is 2.17. The van der Waals surface area contributed by atoms with Gasteiger partial charge in [-0.25, -0.2) is 4.39 Å². The van der Waals surface area contributed by atoms with Gasteiger partial charge in [0.2, 0.25) is 0 Å². The molecule has 0 aliphatic carbocycles. The lowest BCUT2D eigenvalue weighted by atomic mass is 10.0. The van der Waals surface area contributed by atoms with Crippen LogP contribution in [0.15, 0.2) is 29.3 Å². The Labute approximate surface area is 162 Å². The van der Waals surface area contributed by atoms with Crippen molar-refractivity contribution < 1.29 is 4.39 Å². The van der Waals surface area contributed by atoms with E-state index in [2.05, 4.69) is 27.4 Å². The van der Waals surface area contributed by atoms with Crippen molar-refractivity contribution in [1.82, 2.24) is 15.5 Å². The number of piperidine rings is 1. The van der Waals surface area contributed by atoms with Gasteiger partial charge in [0.15, 0.2) is 5.96 Å². The van der Waals surface area contributed by atoms with Crippen molar-refractivity contribution in [2.24, 2.45) is 4.99 Å². The summed E-state index contributed by atoms with van der Waals surface area (Å²) < 4.78 is 13.1. The first-order chi connectivity index (χ1) is 11.2. The third-order valence-electron chi connectivity index (χ3n) is 4.45. The van der Waals surface area contributed by atoms with Crippen LogP contribution in [0.5, 0.6) is 0 Å². The maximum absolute atomic E-state index is 13.1. The number of nitrogens with one attached hydrogen (secondary N) is 2. The van der Waals surface area contributed by atoms with E-state index in [9.17, 15) is 4.39 Å². The molecule has 1 aromatic rings. The summed E-state index contributed by atoms with van der Waals surface area (Å²) in [7, 11) is 1.78. The lowest BCUT2D eigenvalue weighted by Crippen LogP contribution is -2.45. The molecule has 2 rings (SSSR count). The van der Waals surface area contributed by atoms with Gasteiger partial charge < -0.3 is 10.6 Å². The van der Waals surface area contributed by atoms with Crippen LogP contribution in [0.1, 0.15) is 31.7 Å². The smallest absolute Gasteiger partial charge is 0.191 e. The van der Waals surface area contributed by atoms with Crippen molar-refractivity contribution >= 4 is 29.9 Å². The number of benzene rings is 1. The number of likely N-dealkylation sites (tertiary alicyclic amines) is 1. The molecule has 1 aromatic carbocycles. The Hall–Kier alpha value is -0.890. The lowest BCUT2D eigenvalue weighted by Gasteiger charge is -2.33. The molecule has 2 N–H and O–H groups in total. The highest BCUT2D eigenvalue weighted by Crippen LogP contribution is 2.15. The number of aliphatic imine (C=N–C) groups is 1. The first kappa shape index (κ1) is 21.2. The van der Waals surface area contributed by atoms with E-state index in [1.807, 2.05) is 6.07 Å². The fraction of sp³-hybridized carbons (Fsp3) is 0.611. The van der Waals surface area contributed by atoms with Crippen molar-refractivity contribution in [2.75, 3.05) is 33.2 Å². The average Bonchev–Trinajstić information content (AvgIpc) is 2.55. The van der Waals surface area contributed by atoms with Gasteiger partial charge in [-0.1, -0.05) is 18.6 Å². The van der Waals surface area contributed by atoms with Gasteiger partial charge in [0, 0.05) is 32.7 Å². The molecule has 0 spiro atoms. The first-order valence-corrected chi connectivity index (χ1v) is 8.62. The monoisotopic (exact) mass is 448 g/mol. The summed E-state index contributed by atoms with van der Waals surface area (Å²) in [5.74, 6) is 0.631. The molecule has 1 saturated heterocycles. The van der Waals surface area contributed by atoms with Gasteiger partial charge in [0.1, 0.15) is 5.82 Å². The maximum Gasteiger partial charge on any atom is 0.191 e. The van der Waals surface area contributed by atoms with Crippen molar-refractivity contribution in [1.29, 1.82) is 0 Å². The van der Waals surface area contributed by atoms with Crippen LogP contribution >= 0.6 is 24.0 Å². The molecule has 1 aliphatic heterocycles. The molecule has 0 aromatic heterocycles. The lowest BCUT2D eigenvalue weighted by molar-refractivity contribution is 0.163. The first-order valence-electron chi connectivity index (χ1n) is 8.62. The molecular formula is C18H30FIN4. The molecule has 0 radical (unpaired) electrons. The standard InChI is InChI=1S/C18H29FN4.HI/c1-15-6-3-4-12-23(15)13-11-22-18(20-2)21-10-9-16-7-5-8-17(19)14-16;/h5,7-8,14-15H,3-4,6,9-13H2,1-2H3,(H2,20,21,22);1H. The Bertz CT molecular complexity index is 510. The summed E-state index contributed by atoms with van der Waals surface area (Å²) >= 11 is 0. The van der Waals surface area contributed by atoms with Crippen molar-refractivity contribution in [2.45, 2.75) is 38.6 Å². The van der Waals surface area contributed by atoms with Gasteiger partial charge in [0.25, 0.3) is 0 Å². The van der Waals surface area contributed by atoms with Crippen molar-refractivity contribution in [3.63, 3.8) is 0 Å². The van der Waals surface area contributed by atoms with E-state index in [1.165, 1.54) is 31.9 Å².